The van der Waals surface area contributed by atoms with Crippen LogP contribution in [-0.4, -0.2) is 34.9 Å². The zero-order chi connectivity index (χ0) is 23.2. The molecule has 7 heteroatoms. The van der Waals surface area contributed by atoms with Crippen LogP contribution in [0.3, 0.4) is 0 Å². The van der Waals surface area contributed by atoms with Crippen LogP contribution in [0, 0.1) is 0 Å². The van der Waals surface area contributed by atoms with E-state index in [0.717, 1.165) is 67.0 Å². The first-order valence-corrected chi connectivity index (χ1v) is 11.2. The Balaban J connectivity index is 1.52. The van der Waals surface area contributed by atoms with Gasteiger partial charge in [-0.2, -0.15) is 0 Å². The third kappa shape index (κ3) is 3.21. The van der Waals surface area contributed by atoms with Gasteiger partial charge < -0.3 is 4.98 Å². The first-order valence-electron chi connectivity index (χ1n) is 11.2. The van der Waals surface area contributed by atoms with Gasteiger partial charge in [-0.15, -0.1) is 0 Å². The predicted octanol–water partition coefficient (Wildman–Crippen LogP) is 5.85. The SMILES string of the molecule is c1ccc(-c2cc(-c3nc4c5cccnc5c5ncccc5c4[nH]3)cc(-c3ccccn3)n2)nc1. The normalized spacial score (nSPS) is 11.4. The highest BCUT2D eigenvalue weighted by atomic mass is 14.9. The van der Waals surface area contributed by atoms with Crippen molar-refractivity contribution in [2.75, 3.05) is 0 Å². The Hall–Kier alpha value is -5.04. The molecule has 1 N–H and O–H groups in total. The van der Waals surface area contributed by atoms with Crippen molar-refractivity contribution in [1.29, 1.82) is 0 Å². The second-order valence-electron chi connectivity index (χ2n) is 8.16. The summed E-state index contributed by atoms with van der Waals surface area (Å²) in [7, 11) is 0. The highest BCUT2D eigenvalue weighted by Crippen LogP contribution is 2.34. The van der Waals surface area contributed by atoms with Crippen LogP contribution in [0.2, 0.25) is 0 Å². The molecule has 0 atom stereocenters. The van der Waals surface area contributed by atoms with Gasteiger partial charge in [0.15, 0.2) is 0 Å². The molecule has 0 saturated carbocycles. The quantitative estimate of drug-likeness (QED) is 0.339. The van der Waals surface area contributed by atoms with E-state index >= 15 is 0 Å². The number of rotatable bonds is 3. The molecule has 0 bridgehead atoms. The molecule has 7 nitrogen and oxygen atoms in total. The largest absolute Gasteiger partial charge is 0.337 e. The Morgan fingerprint density at radius 2 is 1.09 bits per heavy atom. The number of benzene rings is 1. The average molecular weight is 451 g/mol. The molecule has 0 unspecified atom stereocenters. The molecule has 0 aliphatic rings. The summed E-state index contributed by atoms with van der Waals surface area (Å²) in [5.74, 6) is 0.735. The topological polar surface area (TPSA) is 93.1 Å². The number of aromatic amines is 1. The van der Waals surface area contributed by atoms with Gasteiger partial charge in [-0.3, -0.25) is 19.9 Å². The highest BCUT2D eigenvalue weighted by Gasteiger charge is 2.17. The van der Waals surface area contributed by atoms with Crippen molar-refractivity contribution < 1.29 is 0 Å². The maximum Gasteiger partial charge on any atom is 0.138 e. The number of hydrogen-bond acceptors (Lipinski definition) is 6. The minimum Gasteiger partial charge on any atom is -0.337 e. The van der Waals surface area contributed by atoms with Gasteiger partial charge in [-0.25, -0.2) is 9.97 Å². The number of aromatic nitrogens is 7. The first kappa shape index (κ1) is 19.4. The van der Waals surface area contributed by atoms with Crippen LogP contribution in [0.4, 0.5) is 0 Å². The lowest BCUT2D eigenvalue weighted by atomic mass is 10.1. The molecule has 0 aliphatic heterocycles. The van der Waals surface area contributed by atoms with E-state index in [1.807, 2.05) is 72.8 Å². The molecule has 0 radical (unpaired) electrons. The van der Waals surface area contributed by atoms with Crippen LogP contribution in [0.15, 0.2) is 97.6 Å². The van der Waals surface area contributed by atoms with Gasteiger partial charge in [0, 0.05) is 41.1 Å². The van der Waals surface area contributed by atoms with Crippen molar-refractivity contribution in [2.24, 2.45) is 0 Å². The van der Waals surface area contributed by atoms with Crippen molar-refractivity contribution >= 4 is 32.8 Å². The van der Waals surface area contributed by atoms with Crippen LogP contribution in [0.25, 0.3) is 67.0 Å². The van der Waals surface area contributed by atoms with Gasteiger partial charge in [0.05, 0.1) is 44.8 Å². The predicted molar refractivity (Wildman–Crippen MR) is 136 cm³/mol. The molecule has 6 heterocycles. The fraction of sp³-hybridized carbons (Fsp3) is 0. The summed E-state index contributed by atoms with van der Waals surface area (Å²) in [4.78, 5) is 31.7. The summed E-state index contributed by atoms with van der Waals surface area (Å²) in [5.41, 5.74) is 7.45. The van der Waals surface area contributed by atoms with E-state index in [1.165, 1.54) is 0 Å². The fourth-order valence-corrected chi connectivity index (χ4v) is 4.44. The Kier molecular flexibility index (Phi) is 4.32. The zero-order valence-electron chi connectivity index (χ0n) is 18.4. The molecular weight excluding hydrogens is 434 g/mol. The number of hydrogen-bond donors (Lipinski definition) is 1. The Morgan fingerprint density at radius 3 is 1.71 bits per heavy atom. The van der Waals surface area contributed by atoms with Crippen LogP contribution >= 0.6 is 0 Å². The summed E-state index contributed by atoms with van der Waals surface area (Å²) in [6.07, 6.45) is 7.12. The molecule has 0 saturated heterocycles. The molecule has 6 aromatic heterocycles. The van der Waals surface area contributed by atoms with Gasteiger partial charge in [0.2, 0.25) is 0 Å². The minimum absolute atomic E-state index is 0.735. The zero-order valence-corrected chi connectivity index (χ0v) is 18.4. The molecule has 1 aromatic carbocycles. The van der Waals surface area contributed by atoms with Crippen molar-refractivity contribution in [3.8, 4) is 34.2 Å². The van der Waals surface area contributed by atoms with E-state index in [2.05, 4.69) is 24.9 Å². The number of nitrogens with one attached hydrogen (secondary N) is 1. The van der Waals surface area contributed by atoms with Gasteiger partial charge >= 0.3 is 0 Å². The van der Waals surface area contributed by atoms with Gasteiger partial charge in [0.1, 0.15) is 5.82 Å². The number of fused-ring (bicyclic) bond motifs is 6. The molecule has 7 rings (SSSR count). The number of imidazole rings is 1. The van der Waals surface area contributed by atoms with Crippen LogP contribution in [-0.2, 0) is 0 Å². The number of pyridine rings is 5. The van der Waals surface area contributed by atoms with E-state index in [9.17, 15) is 0 Å². The maximum atomic E-state index is 5.04. The summed E-state index contributed by atoms with van der Waals surface area (Å²) >= 11 is 0. The van der Waals surface area contributed by atoms with Crippen LogP contribution in [0.1, 0.15) is 0 Å². The second kappa shape index (κ2) is 7.78. The second-order valence-corrected chi connectivity index (χ2v) is 8.16. The van der Waals surface area contributed by atoms with E-state index in [-0.39, 0.29) is 0 Å². The molecule has 35 heavy (non-hydrogen) atoms. The molecule has 0 spiro atoms. The highest BCUT2D eigenvalue weighted by molar-refractivity contribution is 6.21. The van der Waals surface area contributed by atoms with Crippen molar-refractivity contribution in [1.82, 2.24) is 34.9 Å². The average Bonchev–Trinajstić information content (AvgIpc) is 3.40. The Labute approximate surface area is 199 Å². The number of nitrogens with zero attached hydrogens (tertiary/aromatic N) is 6. The Morgan fingerprint density at radius 1 is 0.486 bits per heavy atom. The monoisotopic (exact) mass is 451 g/mol. The van der Waals surface area contributed by atoms with E-state index < -0.39 is 0 Å². The third-order valence-corrected chi connectivity index (χ3v) is 6.02. The van der Waals surface area contributed by atoms with Gasteiger partial charge in [0.25, 0.3) is 0 Å². The molecule has 164 valence electrons. The summed E-state index contributed by atoms with van der Waals surface area (Å²) in [6, 6.07) is 23.6. The lowest BCUT2D eigenvalue weighted by molar-refractivity contribution is 1.21. The Bertz CT molecular complexity index is 1710. The molecule has 0 amide bonds. The number of H-pyrrole nitrogens is 1. The van der Waals surface area contributed by atoms with E-state index in [4.69, 9.17) is 9.97 Å². The van der Waals surface area contributed by atoms with Crippen LogP contribution in [0.5, 0.6) is 0 Å². The van der Waals surface area contributed by atoms with Crippen molar-refractivity contribution in [3.63, 3.8) is 0 Å². The van der Waals surface area contributed by atoms with E-state index in [0.29, 0.717) is 0 Å². The molecule has 0 aliphatic carbocycles. The van der Waals surface area contributed by atoms with Crippen molar-refractivity contribution in [2.45, 2.75) is 0 Å². The lowest BCUT2D eigenvalue weighted by Gasteiger charge is -2.07. The van der Waals surface area contributed by atoms with Crippen LogP contribution < -0.4 is 0 Å². The lowest BCUT2D eigenvalue weighted by Crippen LogP contribution is -1.94. The van der Waals surface area contributed by atoms with E-state index in [1.54, 1.807) is 24.8 Å². The summed E-state index contributed by atoms with van der Waals surface area (Å²) in [5, 5.41) is 1.94. The maximum absolute atomic E-state index is 5.04. The molecular formula is C28H17N7. The molecule has 0 fully saturated rings. The van der Waals surface area contributed by atoms with Gasteiger partial charge in [-0.05, 0) is 60.7 Å². The summed E-state index contributed by atoms with van der Waals surface area (Å²) in [6.45, 7) is 0. The van der Waals surface area contributed by atoms with Gasteiger partial charge in [-0.1, -0.05) is 12.1 Å². The van der Waals surface area contributed by atoms with Crippen molar-refractivity contribution in [3.05, 3.63) is 97.6 Å². The third-order valence-electron chi connectivity index (χ3n) is 6.02. The fourth-order valence-electron chi connectivity index (χ4n) is 4.44. The smallest absolute Gasteiger partial charge is 0.138 e. The standard InChI is InChI=1S/C28H17N7/c1-3-11-29-20(9-1)22-15-17(16-23(33-22)21-10-2-4-12-30-21)28-34-26-18-7-5-13-31-24(18)25-19(27(26)35-28)8-6-14-32-25/h1-16H,(H,34,35). The first-order chi connectivity index (χ1) is 17.3. The summed E-state index contributed by atoms with van der Waals surface area (Å²) < 4.78 is 0. The molecule has 7 aromatic rings. The minimum atomic E-state index is 0.735.